The van der Waals surface area contributed by atoms with E-state index in [4.69, 9.17) is 0 Å². The van der Waals surface area contributed by atoms with E-state index < -0.39 is 15.2 Å². The SMILES string of the molecule is O=P(O)(O)CCCn1c2ccccc2c2cc3c4ccccc4n(CCCP(=O)(O)O)c3cc21. The molecule has 0 spiro atoms. The lowest BCUT2D eigenvalue weighted by Gasteiger charge is -2.10. The Hall–Kier alpha value is -2.44. The van der Waals surface area contributed by atoms with Gasteiger partial charge in [-0.05, 0) is 37.1 Å². The third-order valence-electron chi connectivity index (χ3n) is 6.33. The first kappa shape index (κ1) is 23.3. The number of rotatable bonds is 8. The molecule has 10 heteroatoms. The highest BCUT2D eigenvalue weighted by atomic mass is 31.2. The van der Waals surface area contributed by atoms with Crippen LogP contribution < -0.4 is 0 Å². The Labute approximate surface area is 195 Å². The number of hydrogen-bond donors (Lipinski definition) is 4. The van der Waals surface area contributed by atoms with Crippen LogP contribution in [0.4, 0.5) is 0 Å². The lowest BCUT2D eigenvalue weighted by Crippen LogP contribution is -2.02. The van der Waals surface area contributed by atoms with E-state index in [1.54, 1.807) is 0 Å². The second-order valence-electron chi connectivity index (χ2n) is 8.71. The molecule has 0 saturated carbocycles. The molecule has 2 heterocycles. The summed E-state index contributed by atoms with van der Waals surface area (Å²) in [4.78, 5) is 37.3. The summed E-state index contributed by atoms with van der Waals surface area (Å²) in [6.07, 6.45) is 0.348. The van der Waals surface area contributed by atoms with Crippen LogP contribution in [0.25, 0.3) is 43.6 Å². The molecule has 3 aromatic carbocycles. The highest BCUT2D eigenvalue weighted by Crippen LogP contribution is 2.39. The van der Waals surface area contributed by atoms with Crippen LogP contribution in [0.2, 0.25) is 0 Å². The van der Waals surface area contributed by atoms with E-state index in [0.29, 0.717) is 25.9 Å². The maximum Gasteiger partial charge on any atom is 0.325 e. The molecule has 5 rings (SSSR count). The Morgan fingerprint density at radius 1 is 0.559 bits per heavy atom. The van der Waals surface area contributed by atoms with Gasteiger partial charge in [0.15, 0.2) is 0 Å². The molecule has 0 unspecified atom stereocenters. The molecule has 8 nitrogen and oxygen atoms in total. The number of fused-ring (bicyclic) bond motifs is 6. The normalized spacial score (nSPS) is 13.1. The molecular formula is C24H26N2O6P2. The minimum absolute atomic E-state index is 0.175. The summed E-state index contributed by atoms with van der Waals surface area (Å²) >= 11 is 0. The first-order valence-electron chi connectivity index (χ1n) is 11.1. The van der Waals surface area contributed by atoms with Gasteiger partial charge in [0.05, 0.1) is 23.4 Å². The van der Waals surface area contributed by atoms with Gasteiger partial charge in [0.25, 0.3) is 0 Å². The topological polar surface area (TPSA) is 125 Å². The van der Waals surface area contributed by atoms with Gasteiger partial charge in [0.1, 0.15) is 0 Å². The van der Waals surface area contributed by atoms with E-state index >= 15 is 0 Å². The molecule has 0 radical (unpaired) electrons. The number of nitrogens with zero attached hydrogens (tertiary/aromatic N) is 2. The van der Waals surface area contributed by atoms with Gasteiger partial charge in [0.2, 0.25) is 0 Å². The van der Waals surface area contributed by atoms with E-state index in [1.807, 2.05) is 36.4 Å². The smallest absolute Gasteiger partial charge is 0.325 e. The van der Waals surface area contributed by atoms with Crippen molar-refractivity contribution >= 4 is 58.8 Å². The highest BCUT2D eigenvalue weighted by molar-refractivity contribution is 7.52. The van der Waals surface area contributed by atoms with E-state index in [2.05, 4.69) is 33.4 Å². The third kappa shape index (κ3) is 4.46. The quantitative estimate of drug-likeness (QED) is 0.221. The van der Waals surface area contributed by atoms with Crippen LogP contribution in [0, 0.1) is 0 Å². The number of para-hydroxylation sites is 2. The summed E-state index contributed by atoms with van der Waals surface area (Å²) in [5.41, 5.74) is 3.96. The van der Waals surface area contributed by atoms with Gasteiger partial charge in [-0.2, -0.15) is 0 Å². The second kappa shape index (κ2) is 8.65. The van der Waals surface area contributed by atoms with Crippen LogP contribution in [-0.4, -0.2) is 41.0 Å². The average Bonchev–Trinajstić information content (AvgIpc) is 3.24. The Morgan fingerprint density at radius 3 is 1.38 bits per heavy atom. The summed E-state index contributed by atoms with van der Waals surface area (Å²) in [6, 6.07) is 20.3. The molecular weight excluding hydrogens is 474 g/mol. The molecule has 34 heavy (non-hydrogen) atoms. The van der Waals surface area contributed by atoms with Crippen molar-refractivity contribution in [3.05, 3.63) is 60.7 Å². The second-order valence-corrected chi connectivity index (χ2v) is 12.3. The molecule has 0 aliphatic carbocycles. The van der Waals surface area contributed by atoms with Gasteiger partial charge in [-0.15, -0.1) is 0 Å². The van der Waals surface area contributed by atoms with Crippen molar-refractivity contribution in [2.45, 2.75) is 25.9 Å². The Bertz CT molecular complexity index is 1510. The Morgan fingerprint density at radius 2 is 0.971 bits per heavy atom. The molecule has 0 bridgehead atoms. The van der Waals surface area contributed by atoms with Gasteiger partial charge in [-0.3, -0.25) is 9.13 Å². The van der Waals surface area contributed by atoms with E-state index in [0.717, 1.165) is 43.6 Å². The van der Waals surface area contributed by atoms with Gasteiger partial charge in [-0.25, -0.2) is 0 Å². The van der Waals surface area contributed by atoms with Crippen molar-refractivity contribution in [2.75, 3.05) is 12.3 Å². The lowest BCUT2D eigenvalue weighted by atomic mass is 10.1. The molecule has 0 amide bonds. The van der Waals surface area contributed by atoms with Gasteiger partial charge in [-0.1, -0.05) is 36.4 Å². The summed E-state index contributed by atoms with van der Waals surface area (Å²) in [6.45, 7) is 0.943. The van der Waals surface area contributed by atoms with Gasteiger partial charge < -0.3 is 28.7 Å². The fourth-order valence-corrected chi connectivity index (χ4v) is 6.05. The maximum atomic E-state index is 11.4. The van der Waals surface area contributed by atoms with Crippen LogP contribution in [0.1, 0.15) is 12.8 Å². The van der Waals surface area contributed by atoms with Crippen molar-refractivity contribution in [1.82, 2.24) is 9.13 Å². The number of aromatic nitrogens is 2. The monoisotopic (exact) mass is 500 g/mol. The molecule has 4 N–H and O–H groups in total. The van der Waals surface area contributed by atoms with Crippen molar-refractivity contribution in [1.29, 1.82) is 0 Å². The summed E-state index contributed by atoms with van der Waals surface area (Å²) in [7, 11) is -8.16. The van der Waals surface area contributed by atoms with E-state index in [-0.39, 0.29) is 12.3 Å². The third-order valence-corrected chi connectivity index (χ3v) is 8.13. The molecule has 0 atom stereocenters. The van der Waals surface area contributed by atoms with Crippen molar-refractivity contribution < 1.29 is 28.7 Å². The van der Waals surface area contributed by atoms with Gasteiger partial charge in [0, 0.05) is 45.7 Å². The summed E-state index contributed by atoms with van der Waals surface area (Å²) < 4.78 is 27.0. The van der Waals surface area contributed by atoms with E-state index in [9.17, 15) is 28.7 Å². The van der Waals surface area contributed by atoms with Crippen LogP contribution in [0.15, 0.2) is 60.7 Å². The van der Waals surface area contributed by atoms with Crippen molar-refractivity contribution in [3.63, 3.8) is 0 Å². The van der Waals surface area contributed by atoms with Crippen molar-refractivity contribution in [3.8, 4) is 0 Å². The maximum absolute atomic E-state index is 11.4. The van der Waals surface area contributed by atoms with E-state index in [1.165, 1.54) is 0 Å². The average molecular weight is 500 g/mol. The molecule has 178 valence electrons. The minimum atomic E-state index is -4.08. The highest BCUT2D eigenvalue weighted by Gasteiger charge is 2.19. The number of aryl methyl sites for hydroxylation is 2. The molecule has 0 aliphatic heterocycles. The Balaban J connectivity index is 1.71. The van der Waals surface area contributed by atoms with Crippen LogP contribution >= 0.6 is 15.2 Å². The van der Waals surface area contributed by atoms with Crippen LogP contribution in [-0.2, 0) is 22.2 Å². The molecule has 5 aromatic rings. The fourth-order valence-electron chi connectivity index (χ4n) is 4.94. The number of hydrogen-bond acceptors (Lipinski definition) is 2. The summed E-state index contributed by atoms with van der Waals surface area (Å²) in [5.74, 6) is 0. The van der Waals surface area contributed by atoms with Crippen LogP contribution in [0.3, 0.4) is 0 Å². The Kier molecular flexibility index (Phi) is 5.93. The zero-order chi connectivity index (χ0) is 24.1. The molecule has 0 aliphatic rings. The number of benzene rings is 3. The molecule has 0 fully saturated rings. The standard InChI is InChI=1S/C24H26N2O6P2/c27-33(28,29)13-5-11-25-21-9-3-1-7-17(21)19-15-20-18-8-2-4-10-22(18)26(24(20)16-23(19)25)12-6-14-34(30,31)32/h1-4,7-10,15-16H,5-6,11-14H2,(H2,27,28,29)(H2,30,31,32). The summed E-state index contributed by atoms with van der Waals surface area (Å²) in [5, 5.41) is 4.29. The van der Waals surface area contributed by atoms with Crippen LogP contribution in [0.5, 0.6) is 0 Å². The first-order chi connectivity index (χ1) is 16.1. The zero-order valence-corrected chi connectivity index (χ0v) is 20.2. The molecule has 2 aromatic heterocycles. The predicted octanol–water partition coefficient (Wildman–Crippen LogP) is 5.04. The predicted molar refractivity (Wildman–Crippen MR) is 136 cm³/mol. The molecule has 0 saturated heterocycles. The zero-order valence-electron chi connectivity index (χ0n) is 18.4. The lowest BCUT2D eigenvalue weighted by molar-refractivity contribution is 0.368. The first-order valence-corrected chi connectivity index (χ1v) is 14.7. The minimum Gasteiger partial charge on any atom is -0.340 e. The largest absolute Gasteiger partial charge is 0.340 e. The fraction of sp³-hybridized carbons (Fsp3) is 0.250. The van der Waals surface area contributed by atoms with Gasteiger partial charge >= 0.3 is 15.2 Å². The van der Waals surface area contributed by atoms with Crippen molar-refractivity contribution in [2.24, 2.45) is 0 Å².